The summed E-state index contributed by atoms with van der Waals surface area (Å²) in [5.41, 5.74) is 5.78. The maximum absolute atomic E-state index is 12.6. The van der Waals surface area contributed by atoms with Crippen LogP contribution >= 0.6 is 15.9 Å². The van der Waals surface area contributed by atoms with E-state index in [-0.39, 0.29) is 5.41 Å². The largest absolute Gasteiger partial charge is 0.376 e. The van der Waals surface area contributed by atoms with Gasteiger partial charge < -0.3 is 5.11 Å². The van der Waals surface area contributed by atoms with Crippen molar-refractivity contribution in [2.24, 2.45) is 0 Å². The Morgan fingerprint density at radius 3 is 1.90 bits per heavy atom. The quantitative estimate of drug-likeness (QED) is 0.344. The summed E-state index contributed by atoms with van der Waals surface area (Å²) in [5.74, 6) is 0. The lowest BCUT2D eigenvalue weighted by Gasteiger charge is -2.45. The highest BCUT2D eigenvalue weighted by Crippen LogP contribution is 2.53. The number of aliphatic hydroxyl groups is 1. The lowest BCUT2D eigenvalue weighted by molar-refractivity contribution is 0.117. The highest BCUT2D eigenvalue weighted by Gasteiger charge is 2.47. The Bertz CT molecular complexity index is 1240. The van der Waals surface area contributed by atoms with Crippen LogP contribution in [0.15, 0.2) is 102 Å². The van der Waals surface area contributed by atoms with E-state index in [4.69, 9.17) is 0 Å². The summed E-state index contributed by atoms with van der Waals surface area (Å²) in [6.45, 7) is 4.47. The zero-order valence-electron chi connectivity index (χ0n) is 17.1. The Morgan fingerprint density at radius 2 is 1.17 bits per heavy atom. The molecule has 0 heterocycles. The lowest BCUT2D eigenvalue weighted by Crippen LogP contribution is -2.41. The molecule has 2 heteroatoms. The molecule has 0 saturated heterocycles. The Hall–Kier alpha value is -2.68. The van der Waals surface area contributed by atoms with Crippen LogP contribution in [0.4, 0.5) is 0 Å². The van der Waals surface area contributed by atoms with Crippen molar-refractivity contribution in [3.63, 3.8) is 0 Å². The maximum Gasteiger partial charge on any atom is 0.141 e. The van der Waals surface area contributed by atoms with Crippen LogP contribution < -0.4 is 0 Å². The van der Waals surface area contributed by atoms with Crippen LogP contribution in [0.2, 0.25) is 0 Å². The van der Waals surface area contributed by atoms with Crippen LogP contribution in [0.1, 0.15) is 41.7 Å². The molecule has 0 amide bonds. The molecule has 1 atom stereocenters. The molecule has 0 bridgehead atoms. The van der Waals surface area contributed by atoms with Gasteiger partial charge in [0.2, 0.25) is 0 Å². The molecule has 1 aliphatic carbocycles. The standard InChI is InChI=1S/C28H23BrO/c1-27(2)23-14-8-9-15-24(23)28(30,25-17-16-20(29)18-26(25)27)22-13-7-6-12-21(22)19-10-4-3-5-11-19/h3-18,30H,1-2H3. The summed E-state index contributed by atoms with van der Waals surface area (Å²) in [6, 6.07) is 33.1. The zero-order chi connectivity index (χ0) is 20.9. The third-order valence-corrected chi connectivity index (χ3v) is 6.93. The van der Waals surface area contributed by atoms with E-state index in [2.05, 4.69) is 84.4 Å². The molecule has 1 N–H and O–H groups in total. The molecule has 5 rings (SSSR count). The van der Waals surface area contributed by atoms with E-state index in [0.717, 1.165) is 43.4 Å². The van der Waals surface area contributed by atoms with E-state index >= 15 is 0 Å². The van der Waals surface area contributed by atoms with E-state index in [9.17, 15) is 5.11 Å². The topological polar surface area (TPSA) is 20.2 Å². The molecule has 30 heavy (non-hydrogen) atoms. The van der Waals surface area contributed by atoms with Crippen LogP contribution in [-0.2, 0) is 11.0 Å². The van der Waals surface area contributed by atoms with Crippen LogP contribution in [0.3, 0.4) is 0 Å². The third kappa shape index (κ3) is 2.71. The van der Waals surface area contributed by atoms with E-state index in [0.29, 0.717) is 0 Å². The Balaban J connectivity index is 1.89. The van der Waals surface area contributed by atoms with Crippen molar-refractivity contribution in [3.05, 3.63) is 129 Å². The van der Waals surface area contributed by atoms with Crippen molar-refractivity contribution in [1.29, 1.82) is 0 Å². The van der Waals surface area contributed by atoms with Crippen molar-refractivity contribution in [3.8, 4) is 11.1 Å². The SMILES string of the molecule is CC1(C)c2ccccc2C(O)(c2ccccc2-c2ccccc2)c2ccc(Br)cc21. The molecule has 0 saturated carbocycles. The monoisotopic (exact) mass is 454 g/mol. The lowest BCUT2D eigenvalue weighted by atomic mass is 9.61. The summed E-state index contributed by atoms with van der Waals surface area (Å²) in [4.78, 5) is 0. The van der Waals surface area contributed by atoms with Gasteiger partial charge in [0.05, 0.1) is 0 Å². The van der Waals surface area contributed by atoms with Gasteiger partial charge in [-0.15, -0.1) is 0 Å². The van der Waals surface area contributed by atoms with Gasteiger partial charge >= 0.3 is 0 Å². The summed E-state index contributed by atoms with van der Waals surface area (Å²) in [6.07, 6.45) is 0. The highest BCUT2D eigenvalue weighted by molar-refractivity contribution is 9.10. The molecular formula is C28H23BrO. The van der Waals surface area contributed by atoms with Gasteiger partial charge in [-0.2, -0.15) is 0 Å². The predicted octanol–water partition coefficient (Wildman–Crippen LogP) is 7.04. The molecule has 1 nitrogen and oxygen atoms in total. The summed E-state index contributed by atoms with van der Waals surface area (Å²) >= 11 is 3.65. The van der Waals surface area contributed by atoms with E-state index in [1.165, 1.54) is 0 Å². The zero-order valence-corrected chi connectivity index (χ0v) is 18.6. The number of rotatable bonds is 2. The molecule has 4 aromatic carbocycles. The van der Waals surface area contributed by atoms with Crippen molar-refractivity contribution in [2.45, 2.75) is 24.9 Å². The first-order valence-electron chi connectivity index (χ1n) is 10.2. The molecular weight excluding hydrogens is 432 g/mol. The van der Waals surface area contributed by atoms with Gasteiger partial charge in [-0.25, -0.2) is 0 Å². The molecule has 0 spiro atoms. The van der Waals surface area contributed by atoms with E-state index in [1.54, 1.807) is 0 Å². The second kappa shape index (κ2) is 6.94. The van der Waals surface area contributed by atoms with Gasteiger partial charge in [-0.1, -0.05) is 115 Å². The number of benzene rings is 4. The highest BCUT2D eigenvalue weighted by atomic mass is 79.9. The molecule has 4 aromatic rings. The van der Waals surface area contributed by atoms with Gasteiger partial charge in [-0.05, 0) is 45.5 Å². The van der Waals surface area contributed by atoms with Crippen molar-refractivity contribution >= 4 is 15.9 Å². The van der Waals surface area contributed by atoms with Crippen molar-refractivity contribution < 1.29 is 5.11 Å². The van der Waals surface area contributed by atoms with E-state index < -0.39 is 5.60 Å². The molecule has 148 valence electrons. The van der Waals surface area contributed by atoms with Gasteiger partial charge in [0.1, 0.15) is 5.60 Å². The van der Waals surface area contributed by atoms with Crippen molar-refractivity contribution in [1.82, 2.24) is 0 Å². The number of hydrogen-bond donors (Lipinski definition) is 1. The molecule has 0 aromatic heterocycles. The second-order valence-corrected chi connectivity index (χ2v) is 9.40. The minimum atomic E-state index is -1.24. The number of fused-ring (bicyclic) bond motifs is 2. The summed E-state index contributed by atoms with van der Waals surface area (Å²) in [5, 5.41) is 12.6. The average Bonchev–Trinajstić information content (AvgIpc) is 2.78. The Labute approximate surface area is 186 Å². The van der Waals surface area contributed by atoms with Gasteiger partial charge in [0.15, 0.2) is 0 Å². The normalized spacial score (nSPS) is 19.1. The fraction of sp³-hybridized carbons (Fsp3) is 0.143. The first-order chi connectivity index (χ1) is 14.4. The molecule has 0 aliphatic heterocycles. The van der Waals surface area contributed by atoms with Gasteiger partial charge in [-0.3, -0.25) is 0 Å². The smallest absolute Gasteiger partial charge is 0.141 e. The molecule has 1 unspecified atom stereocenters. The number of halogens is 1. The van der Waals surface area contributed by atoms with Crippen LogP contribution in [-0.4, -0.2) is 5.11 Å². The average molecular weight is 455 g/mol. The molecule has 0 radical (unpaired) electrons. The second-order valence-electron chi connectivity index (χ2n) is 8.48. The third-order valence-electron chi connectivity index (χ3n) is 6.44. The van der Waals surface area contributed by atoms with Gasteiger partial charge in [0.25, 0.3) is 0 Å². The van der Waals surface area contributed by atoms with Crippen LogP contribution in [0.25, 0.3) is 11.1 Å². The summed E-state index contributed by atoms with van der Waals surface area (Å²) < 4.78 is 1.02. The Morgan fingerprint density at radius 1 is 0.600 bits per heavy atom. The fourth-order valence-electron chi connectivity index (χ4n) is 4.94. The maximum atomic E-state index is 12.6. The van der Waals surface area contributed by atoms with Crippen LogP contribution in [0.5, 0.6) is 0 Å². The Kier molecular flexibility index (Phi) is 4.46. The molecule has 1 aliphatic rings. The number of hydrogen-bond acceptors (Lipinski definition) is 1. The summed E-state index contributed by atoms with van der Waals surface area (Å²) in [7, 11) is 0. The van der Waals surface area contributed by atoms with Crippen molar-refractivity contribution in [2.75, 3.05) is 0 Å². The minimum absolute atomic E-state index is 0.219. The first-order valence-corrected chi connectivity index (χ1v) is 11.0. The minimum Gasteiger partial charge on any atom is -0.376 e. The first kappa shape index (κ1) is 19.3. The molecule has 0 fully saturated rings. The predicted molar refractivity (Wildman–Crippen MR) is 127 cm³/mol. The van der Waals surface area contributed by atoms with E-state index in [1.807, 2.05) is 42.5 Å². The van der Waals surface area contributed by atoms with Gasteiger partial charge in [0, 0.05) is 15.5 Å². The van der Waals surface area contributed by atoms with Crippen LogP contribution in [0, 0.1) is 0 Å². The fourth-order valence-corrected chi connectivity index (χ4v) is 5.30.